The van der Waals surface area contributed by atoms with E-state index in [1.165, 1.54) is 11.1 Å². The summed E-state index contributed by atoms with van der Waals surface area (Å²) in [6.07, 6.45) is 1.89. The van der Waals surface area contributed by atoms with Gasteiger partial charge in [0.25, 0.3) is 0 Å². The summed E-state index contributed by atoms with van der Waals surface area (Å²) < 4.78 is 0. The third kappa shape index (κ3) is 1.81. The Morgan fingerprint density at radius 3 is 2.20 bits per heavy atom. The molecule has 0 unspecified atom stereocenters. The summed E-state index contributed by atoms with van der Waals surface area (Å²) >= 11 is 0. The van der Waals surface area contributed by atoms with Crippen LogP contribution in [0.2, 0.25) is 0 Å². The Hall–Kier alpha value is -0.890. The lowest BCUT2D eigenvalue weighted by molar-refractivity contribution is 1.12. The summed E-state index contributed by atoms with van der Waals surface area (Å²) in [6, 6.07) is 2.14. The van der Waals surface area contributed by atoms with Crippen molar-refractivity contribution in [2.45, 2.75) is 20.8 Å². The summed E-state index contributed by atoms with van der Waals surface area (Å²) in [7, 11) is 0. The van der Waals surface area contributed by atoms with Gasteiger partial charge >= 0.3 is 0 Å². The van der Waals surface area contributed by atoms with Gasteiger partial charge < -0.3 is 6.15 Å². The van der Waals surface area contributed by atoms with Crippen LogP contribution in [0.15, 0.2) is 12.3 Å². The maximum atomic E-state index is 4.18. The van der Waals surface area contributed by atoms with Crippen molar-refractivity contribution in [3.8, 4) is 0 Å². The fourth-order valence-electron chi connectivity index (χ4n) is 0.784. The average Bonchev–Trinajstić information content (AvgIpc) is 1.80. The molecule has 0 bridgehead atoms. The molecule has 0 amide bonds. The quantitative estimate of drug-likeness (QED) is 0.597. The summed E-state index contributed by atoms with van der Waals surface area (Å²) in [6.45, 7) is 6.16. The van der Waals surface area contributed by atoms with Crippen molar-refractivity contribution in [2.75, 3.05) is 0 Å². The van der Waals surface area contributed by atoms with Crippen LogP contribution < -0.4 is 6.15 Å². The standard InChI is InChI=1S/C8H11N.H3N/c1-6-4-7(2)8(3)9-5-6;/h4-5H,1-3H3;1H3. The molecule has 0 aromatic carbocycles. The topological polar surface area (TPSA) is 47.9 Å². The lowest BCUT2D eigenvalue weighted by Crippen LogP contribution is -1.85. The predicted molar refractivity (Wildman–Crippen MR) is 43.5 cm³/mol. The second-order valence-corrected chi connectivity index (χ2v) is 2.41. The minimum Gasteiger partial charge on any atom is -0.344 e. The van der Waals surface area contributed by atoms with Crippen molar-refractivity contribution in [1.29, 1.82) is 0 Å². The Kier molecular flexibility index (Phi) is 3.03. The molecular weight excluding hydrogens is 124 g/mol. The molecular formula is C8H14N2. The van der Waals surface area contributed by atoms with Crippen molar-refractivity contribution in [2.24, 2.45) is 0 Å². The molecule has 2 nitrogen and oxygen atoms in total. The number of aromatic nitrogens is 1. The molecule has 0 saturated carbocycles. The van der Waals surface area contributed by atoms with Crippen LogP contribution in [0.25, 0.3) is 0 Å². The Morgan fingerprint density at radius 1 is 1.20 bits per heavy atom. The maximum Gasteiger partial charge on any atom is 0.0401 e. The molecule has 1 aromatic rings. The van der Waals surface area contributed by atoms with E-state index >= 15 is 0 Å². The Labute approximate surface area is 61.9 Å². The van der Waals surface area contributed by atoms with Crippen LogP contribution in [0, 0.1) is 20.8 Å². The van der Waals surface area contributed by atoms with E-state index in [1.54, 1.807) is 0 Å². The number of pyridine rings is 1. The van der Waals surface area contributed by atoms with Crippen molar-refractivity contribution in [1.82, 2.24) is 11.1 Å². The van der Waals surface area contributed by atoms with Crippen molar-refractivity contribution in [3.05, 3.63) is 29.1 Å². The molecule has 0 radical (unpaired) electrons. The van der Waals surface area contributed by atoms with Gasteiger partial charge in [0.2, 0.25) is 0 Å². The van der Waals surface area contributed by atoms with E-state index in [-0.39, 0.29) is 6.15 Å². The summed E-state index contributed by atoms with van der Waals surface area (Å²) in [4.78, 5) is 4.18. The summed E-state index contributed by atoms with van der Waals surface area (Å²) in [5.41, 5.74) is 3.63. The summed E-state index contributed by atoms with van der Waals surface area (Å²) in [5, 5.41) is 0. The first kappa shape index (κ1) is 9.11. The van der Waals surface area contributed by atoms with Crippen LogP contribution in [0.5, 0.6) is 0 Å². The van der Waals surface area contributed by atoms with E-state index in [9.17, 15) is 0 Å². The molecule has 0 atom stereocenters. The number of nitrogens with zero attached hydrogens (tertiary/aromatic N) is 1. The molecule has 1 aromatic heterocycles. The third-order valence-corrected chi connectivity index (χ3v) is 1.48. The number of rotatable bonds is 0. The van der Waals surface area contributed by atoms with Crippen molar-refractivity contribution in [3.63, 3.8) is 0 Å². The van der Waals surface area contributed by atoms with Crippen LogP contribution in [0.3, 0.4) is 0 Å². The highest BCUT2D eigenvalue weighted by Crippen LogP contribution is 2.03. The molecule has 0 spiro atoms. The molecule has 3 N–H and O–H groups in total. The zero-order chi connectivity index (χ0) is 6.85. The molecule has 1 rings (SSSR count). The molecule has 10 heavy (non-hydrogen) atoms. The minimum absolute atomic E-state index is 0. The molecule has 1 heterocycles. The smallest absolute Gasteiger partial charge is 0.0401 e. The fourth-order valence-corrected chi connectivity index (χ4v) is 0.784. The zero-order valence-corrected chi connectivity index (χ0v) is 6.81. The van der Waals surface area contributed by atoms with E-state index in [0.29, 0.717) is 0 Å². The fraction of sp³-hybridized carbons (Fsp3) is 0.375. The second kappa shape index (κ2) is 3.32. The van der Waals surface area contributed by atoms with Gasteiger partial charge in [-0.1, -0.05) is 6.07 Å². The normalized spacial score (nSPS) is 8.70. The average molecular weight is 138 g/mol. The number of aryl methyl sites for hydroxylation is 3. The van der Waals surface area contributed by atoms with Gasteiger partial charge in [-0.25, -0.2) is 0 Å². The number of hydrogen-bond donors (Lipinski definition) is 1. The highest BCUT2D eigenvalue weighted by atomic mass is 14.7. The Balaban J connectivity index is 0.000000810. The monoisotopic (exact) mass is 138 g/mol. The molecule has 56 valence electrons. The van der Waals surface area contributed by atoms with Gasteiger partial charge in [-0.2, -0.15) is 0 Å². The molecule has 0 aliphatic rings. The van der Waals surface area contributed by atoms with E-state index in [2.05, 4.69) is 24.9 Å². The zero-order valence-electron chi connectivity index (χ0n) is 6.81. The molecule has 0 aliphatic carbocycles. The van der Waals surface area contributed by atoms with E-state index in [1.807, 2.05) is 13.1 Å². The van der Waals surface area contributed by atoms with Crippen LogP contribution >= 0.6 is 0 Å². The van der Waals surface area contributed by atoms with E-state index in [4.69, 9.17) is 0 Å². The van der Waals surface area contributed by atoms with Crippen molar-refractivity contribution >= 4 is 0 Å². The second-order valence-electron chi connectivity index (χ2n) is 2.41. The van der Waals surface area contributed by atoms with Gasteiger partial charge in [-0.05, 0) is 31.9 Å². The molecule has 0 aliphatic heterocycles. The first-order valence-electron chi connectivity index (χ1n) is 3.10. The van der Waals surface area contributed by atoms with Gasteiger partial charge in [0.15, 0.2) is 0 Å². The SMILES string of the molecule is Cc1cnc(C)c(C)c1.N. The van der Waals surface area contributed by atoms with Gasteiger partial charge in [-0.3, -0.25) is 4.98 Å². The summed E-state index contributed by atoms with van der Waals surface area (Å²) in [5.74, 6) is 0. The Bertz CT molecular complexity index is 218. The van der Waals surface area contributed by atoms with Gasteiger partial charge in [0.05, 0.1) is 0 Å². The predicted octanol–water partition coefficient (Wildman–Crippen LogP) is 2.17. The lowest BCUT2D eigenvalue weighted by atomic mass is 10.2. The molecule has 0 fully saturated rings. The van der Waals surface area contributed by atoms with E-state index < -0.39 is 0 Å². The first-order valence-corrected chi connectivity index (χ1v) is 3.10. The van der Waals surface area contributed by atoms with Crippen LogP contribution in [0.1, 0.15) is 16.8 Å². The Morgan fingerprint density at radius 2 is 1.80 bits per heavy atom. The largest absolute Gasteiger partial charge is 0.344 e. The van der Waals surface area contributed by atoms with Gasteiger partial charge in [0.1, 0.15) is 0 Å². The highest BCUT2D eigenvalue weighted by molar-refractivity contribution is 5.21. The first-order chi connectivity index (χ1) is 4.20. The van der Waals surface area contributed by atoms with Gasteiger partial charge in [-0.15, -0.1) is 0 Å². The third-order valence-electron chi connectivity index (χ3n) is 1.48. The lowest BCUT2D eigenvalue weighted by Gasteiger charge is -1.97. The van der Waals surface area contributed by atoms with Crippen molar-refractivity contribution < 1.29 is 0 Å². The maximum absolute atomic E-state index is 4.18. The number of hydrogen-bond acceptors (Lipinski definition) is 2. The molecule has 0 saturated heterocycles. The van der Waals surface area contributed by atoms with Crippen LogP contribution in [0.4, 0.5) is 0 Å². The van der Waals surface area contributed by atoms with Crippen LogP contribution in [-0.2, 0) is 0 Å². The minimum atomic E-state index is 0. The molecule has 2 heteroatoms. The van der Waals surface area contributed by atoms with E-state index in [0.717, 1.165) is 5.69 Å². The highest BCUT2D eigenvalue weighted by Gasteiger charge is 1.90. The van der Waals surface area contributed by atoms with Gasteiger partial charge in [0, 0.05) is 11.9 Å². The van der Waals surface area contributed by atoms with Crippen LogP contribution in [-0.4, -0.2) is 4.98 Å².